The smallest absolute Gasteiger partial charge is 0.107 e. The molecule has 1 aromatic rings. The molecule has 1 heterocycles. The molecule has 0 amide bonds. The van der Waals surface area contributed by atoms with Crippen LogP contribution in [0.1, 0.15) is 30.2 Å². The molecule has 0 aliphatic heterocycles. The highest BCUT2D eigenvalue weighted by atomic mass is 32.1. The molecule has 86 valence electrons. The van der Waals surface area contributed by atoms with E-state index in [0.717, 1.165) is 24.5 Å². The predicted molar refractivity (Wildman–Crippen MR) is 66.0 cm³/mol. The predicted octanol–water partition coefficient (Wildman–Crippen LogP) is 1.91. The molecule has 1 rings (SSSR count). The van der Waals surface area contributed by atoms with Gasteiger partial charge in [-0.1, -0.05) is 20.3 Å². The summed E-state index contributed by atoms with van der Waals surface area (Å²) in [4.78, 5) is 5.55. The molecular weight excluding hydrogens is 206 g/mol. The molecule has 3 nitrogen and oxygen atoms in total. The molecule has 2 unspecified atom stereocenters. The van der Waals surface area contributed by atoms with Crippen LogP contribution in [0.3, 0.4) is 0 Å². The van der Waals surface area contributed by atoms with E-state index in [2.05, 4.69) is 31.1 Å². The zero-order chi connectivity index (χ0) is 11.3. The summed E-state index contributed by atoms with van der Waals surface area (Å²) in [5.41, 5.74) is 6.02. The molecule has 15 heavy (non-hydrogen) atoms. The summed E-state index contributed by atoms with van der Waals surface area (Å²) in [6, 6.07) is 0.246. The van der Waals surface area contributed by atoms with Gasteiger partial charge in [0.25, 0.3) is 0 Å². The largest absolute Gasteiger partial charge is 0.326 e. The molecule has 0 aliphatic carbocycles. The van der Waals surface area contributed by atoms with Crippen molar-refractivity contribution in [1.29, 1.82) is 0 Å². The van der Waals surface area contributed by atoms with E-state index in [-0.39, 0.29) is 6.04 Å². The minimum Gasteiger partial charge on any atom is -0.326 e. The highest BCUT2D eigenvalue weighted by molar-refractivity contribution is 7.11. The second-order valence-corrected chi connectivity index (χ2v) is 5.36. The van der Waals surface area contributed by atoms with Crippen LogP contribution in [0.5, 0.6) is 0 Å². The second-order valence-electron chi connectivity index (χ2n) is 4.04. The van der Waals surface area contributed by atoms with Crippen molar-refractivity contribution in [2.75, 3.05) is 6.54 Å². The van der Waals surface area contributed by atoms with Crippen LogP contribution in [-0.4, -0.2) is 17.6 Å². The first-order valence-electron chi connectivity index (χ1n) is 5.51. The minimum atomic E-state index is 0.246. The molecule has 1 aromatic heterocycles. The lowest BCUT2D eigenvalue weighted by Gasteiger charge is -2.18. The van der Waals surface area contributed by atoms with Gasteiger partial charge in [-0.05, 0) is 12.8 Å². The molecule has 0 saturated heterocycles. The zero-order valence-corrected chi connectivity index (χ0v) is 10.6. The molecule has 0 aliphatic rings. The third-order valence-electron chi connectivity index (χ3n) is 2.70. The number of nitrogens with two attached hydrogens (primary N) is 1. The summed E-state index contributed by atoms with van der Waals surface area (Å²) < 4.78 is 0. The standard InChI is InChI=1S/C11H21N3S/c1-4-8(2)10(12)6-13-7-11-14-5-9(3)15-11/h5,8,10,13H,4,6-7,12H2,1-3H3. The van der Waals surface area contributed by atoms with Gasteiger partial charge in [0.15, 0.2) is 0 Å². The highest BCUT2D eigenvalue weighted by Crippen LogP contribution is 2.10. The van der Waals surface area contributed by atoms with Gasteiger partial charge < -0.3 is 11.1 Å². The van der Waals surface area contributed by atoms with Gasteiger partial charge in [0.2, 0.25) is 0 Å². The van der Waals surface area contributed by atoms with Gasteiger partial charge in [-0.25, -0.2) is 4.98 Å². The molecule has 0 fully saturated rings. The van der Waals surface area contributed by atoms with Gasteiger partial charge >= 0.3 is 0 Å². The van der Waals surface area contributed by atoms with Crippen LogP contribution in [0.25, 0.3) is 0 Å². The van der Waals surface area contributed by atoms with Crippen LogP contribution in [-0.2, 0) is 6.54 Å². The van der Waals surface area contributed by atoms with Crippen LogP contribution < -0.4 is 11.1 Å². The van der Waals surface area contributed by atoms with Gasteiger partial charge in [-0.3, -0.25) is 0 Å². The van der Waals surface area contributed by atoms with Crippen molar-refractivity contribution in [2.24, 2.45) is 11.7 Å². The Morgan fingerprint density at radius 2 is 2.33 bits per heavy atom. The Balaban J connectivity index is 2.21. The van der Waals surface area contributed by atoms with Crippen molar-refractivity contribution < 1.29 is 0 Å². The van der Waals surface area contributed by atoms with Crippen LogP contribution in [0.15, 0.2) is 6.20 Å². The summed E-state index contributed by atoms with van der Waals surface area (Å²) >= 11 is 1.74. The lowest BCUT2D eigenvalue weighted by Crippen LogP contribution is -2.38. The van der Waals surface area contributed by atoms with E-state index in [1.165, 1.54) is 4.88 Å². The average Bonchev–Trinajstić information content (AvgIpc) is 2.63. The Morgan fingerprint density at radius 1 is 1.60 bits per heavy atom. The van der Waals surface area contributed by atoms with E-state index < -0.39 is 0 Å². The second kappa shape index (κ2) is 6.20. The molecule has 4 heteroatoms. The van der Waals surface area contributed by atoms with Gasteiger partial charge in [0.05, 0.1) is 0 Å². The number of aromatic nitrogens is 1. The van der Waals surface area contributed by atoms with Gasteiger partial charge in [-0.2, -0.15) is 0 Å². The average molecular weight is 227 g/mol. The Morgan fingerprint density at radius 3 is 2.87 bits per heavy atom. The molecule has 3 N–H and O–H groups in total. The summed E-state index contributed by atoms with van der Waals surface area (Å²) in [5.74, 6) is 0.579. The fourth-order valence-corrected chi connectivity index (χ4v) is 2.09. The maximum Gasteiger partial charge on any atom is 0.107 e. The summed E-state index contributed by atoms with van der Waals surface area (Å²) in [6.45, 7) is 8.15. The van der Waals surface area contributed by atoms with Crippen molar-refractivity contribution in [3.8, 4) is 0 Å². The van der Waals surface area contributed by atoms with E-state index in [1.807, 2.05) is 6.20 Å². The molecule has 0 spiro atoms. The van der Waals surface area contributed by atoms with Crippen LogP contribution >= 0.6 is 11.3 Å². The van der Waals surface area contributed by atoms with Crippen molar-refractivity contribution >= 4 is 11.3 Å². The fraction of sp³-hybridized carbons (Fsp3) is 0.727. The lowest BCUT2D eigenvalue weighted by atomic mass is 10.0. The third kappa shape index (κ3) is 4.28. The number of nitrogens with zero attached hydrogens (tertiary/aromatic N) is 1. The van der Waals surface area contributed by atoms with E-state index in [9.17, 15) is 0 Å². The summed E-state index contributed by atoms with van der Waals surface area (Å²) in [5, 5.41) is 4.50. The summed E-state index contributed by atoms with van der Waals surface area (Å²) in [6.07, 6.45) is 3.05. The van der Waals surface area contributed by atoms with Crippen molar-refractivity contribution in [1.82, 2.24) is 10.3 Å². The molecule has 0 bridgehead atoms. The molecule has 0 aromatic carbocycles. The maximum absolute atomic E-state index is 6.02. The number of aryl methyl sites for hydroxylation is 1. The zero-order valence-electron chi connectivity index (χ0n) is 9.79. The Labute approximate surface area is 96.1 Å². The van der Waals surface area contributed by atoms with Crippen LogP contribution in [0, 0.1) is 12.8 Å². The lowest BCUT2D eigenvalue weighted by molar-refractivity contribution is 0.418. The van der Waals surface area contributed by atoms with Crippen molar-refractivity contribution in [2.45, 2.75) is 39.8 Å². The monoisotopic (exact) mass is 227 g/mol. The Hall–Kier alpha value is -0.450. The van der Waals surface area contributed by atoms with E-state index >= 15 is 0 Å². The van der Waals surface area contributed by atoms with E-state index in [0.29, 0.717) is 5.92 Å². The first-order chi connectivity index (χ1) is 7.13. The van der Waals surface area contributed by atoms with Gasteiger partial charge in [0, 0.05) is 30.2 Å². The molecule has 0 saturated carbocycles. The number of thiazole rings is 1. The fourth-order valence-electron chi connectivity index (χ4n) is 1.33. The first kappa shape index (κ1) is 12.6. The van der Waals surface area contributed by atoms with Gasteiger partial charge in [-0.15, -0.1) is 11.3 Å². The summed E-state index contributed by atoms with van der Waals surface area (Å²) in [7, 11) is 0. The Kier molecular flexibility index (Phi) is 5.22. The van der Waals surface area contributed by atoms with Crippen molar-refractivity contribution in [3.05, 3.63) is 16.1 Å². The number of nitrogens with one attached hydrogen (secondary N) is 1. The van der Waals surface area contributed by atoms with Crippen molar-refractivity contribution in [3.63, 3.8) is 0 Å². The number of rotatable bonds is 6. The van der Waals surface area contributed by atoms with Gasteiger partial charge in [0.1, 0.15) is 5.01 Å². The van der Waals surface area contributed by atoms with E-state index in [4.69, 9.17) is 5.73 Å². The number of hydrogen-bond donors (Lipinski definition) is 2. The minimum absolute atomic E-state index is 0.246. The molecule has 0 radical (unpaired) electrons. The SMILES string of the molecule is CCC(C)C(N)CNCc1ncc(C)s1. The Bertz CT molecular complexity index is 285. The number of hydrogen-bond acceptors (Lipinski definition) is 4. The first-order valence-corrected chi connectivity index (χ1v) is 6.32. The topological polar surface area (TPSA) is 50.9 Å². The normalized spacial score (nSPS) is 15.2. The van der Waals surface area contributed by atoms with Crippen LogP contribution in [0.2, 0.25) is 0 Å². The molecular formula is C11H21N3S. The highest BCUT2D eigenvalue weighted by Gasteiger charge is 2.09. The van der Waals surface area contributed by atoms with Crippen LogP contribution in [0.4, 0.5) is 0 Å². The van der Waals surface area contributed by atoms with E-state index in [1.54, 1.807) is 11.3 Å². The maximum atomic E-state index is 6.02. The molecule has 2 atom stereocenters. The third-order valence-corrected chi connectivity index (χ3v) is 3.61. The quantitative estimate of drug-likeness (QED) is 0.780.